The van der Waals surface area contributed by atoms with Gasteiger partial charge < -0.3 is 29.7 Å². The van der Waals surface area contributed by atoms with Gasteiger partial charge in [-0.3, -0.25) is 9.59 Å². The van der Waals surface area contributed by atoms with Gasteiger partial charge in [0, 0.05) is 36.0 Å². The number of nitrogens with zero attached hydrogens (tertiary/aromatic N) is 5. The predicted molar refractivity (Wildman–Crippen MR) is 195 cm³/mol. The number of carbonyl (C=O) groups excluding carboxylic acids is 4. The van der Waals surface area contributed by atoms with Gasteiger partial charge in [0.05, 0.1) is 19.8 Å². The van der Waals surface area contributed by atoms with Crippen molar-refractivity contribution in [2.45, 2.75) is 91.1 Å². The summed E-state index contributed by atoms with van der Waals surface area (Å²) >= 11 is 1.41. The third kappa shape index (κ3) is 7.69. The molecule has 1 saturated carbocycles. The molecule has 15 heteroatoms. The zero-order chi connectivity index (χ0) is 38.2. The molecular formula is C37H49N7O7S. The van der Waals surface area contributed by atoms with Crippen molar-refractivity contribution in [3.63, 3.8) is 0 Å². The molecule has 14 nitrogen and oxygen atoms in total. The van der Waals surface area contributed by atoms with E-state index in [4.69, 9.17) is 24.4 Å². The first-order valence-electron chi connectivity index (χ1n) is 17.4. The van der Waals surface area contributed by atoms with Crippen LogP contribution in [-0.4, -0.2) is 92.2 Å². The number of hydrogen-bond acceptors (Lipinski definition) is 11. The number of rotatable bonds is 11. The van der Waals surface area contributed by atoms with Crippen LogP contribution in [-0.2, 0) is 23.9 Å². The summed E-state index contributed by atoms with van der Waals surface area (Å²) in [6.45, 7) is 18.3. The van der Waals surface area contributed by atoms with Crippen LogP contribution in [0.4, 0.5) is 4.79 Å². The van der Waals surface area contributed by atoms with Crippen LogP contribution in [0.3, 0.4) is 0 Å². The number of hydrogen-bond donors (Lipinski definition) is 2. The monoisotopic (exact) mass is 735 g/mol. The molecule has 280 valence electrons. The number of methoxy groups -OCH3 is 1. The number of thiazole rings is 1. The molecule has 1 aromatic carbocycles. The van der Waals surface area contributed by atoms with Gasteiger partial charge in [-0.25, -0.2) is 14.6 Å². The van der Waals surface area contributed by atoms with Gasteiger partial charge in [-0.05, 0) is 63.3 Å². The molecule has 0 radical (unpaired) electrons. The second kappa shape index (κ2) is 14.7. The predicted octanol–water partition coefficient (Wildman–Crippen LogP) is 5.03. The lowest BCUT2D eigenvalue weighted by molar-refractivity contribution is -0.150. The lowest BCUT2D eigenvalue weighted by atomic mass is 9.85. The van der Waals surface area contributed by atoms with Crippen molar-refractivity contribution in [2.24, 2.45) is 17.3 Å². The minimum absolute atomic E-state index is 0.0421. The molecule has 1 unspecified atom stereocenters. The molecule has 0 spiro atoms. The van der Waals surface area contributed by atoms with Crippen LogP contribution in [0.5, 0.6) is 5.75 Å². The molecule has 6 atom stereocenters. The molecule has 1 saturated heterocycles. The first-order chi connectivity index (χ1) is 24.4. The highest BCUT2D eigenvalue weighted by molar-refractivity contribution is 7.13. The normalized spacial score (nSPS) is 23.4. The highest BCUT2D eigenvalue weighted by atomic mass is 32.1. The van der Waals surface area contributed by atoms with Gasteiger partial charge in [-0.15, -0.1) is 23.0 Å². The summed E-state index contributed by atoms with van der Waals surface area (Å²) in [5.41, 5.74) is -0.994. The molecule has 2 N–H and O–H groups in total. The van der Waals surface area contributed by atoms with E-state index < -0.39 is 58.6 Å². The number of likely N-dealkylation sites (tertiary alicyclic amines) is 1. The number of benzene rings is 1. The fourth-order valence-electron chi connectivity index (χ4n) is 6.72. The Morgan fingerprint density at radius 2 is 1.77 bits per heavy atom. The van der Waals surface area contributed by atoms with Crippen LogP contribution < -0.4 is 15.4 Å². The van der Waals surface area contributed by atoms with Crippen molar-refractivity contribution >= 4 is 35.2 Å². The van der Waals surface area contributed by atoms with Crippen LogP contribution in [0.1, 0.15) is 67.9 Å². The van der Waals surface area contributed by atoms with E-state index in [-0.39, 0.29) is 31.4 Å². The third-order valence-electron chi connectivity index (χ3n) is 9.46. The lowest BCUT2D eigenvalue weighted by Gasteiger charge is -2.36. The molecule has 3 amide bonds. The first kappa shape index (κ1) is 38.4. The van der Waals surface area contributed by atoms with Crippen molar-refractivity contribution in [3.8, 4) is 27.7 Å². The van der Waals surface area contributed by atoms with Gasteiger partial charge in [0.15, 0.2) is 0 Å². The average molecular weight is 736 g/mol. The summed E-state index contributed by atoms with van der Waals surface area (Å²) < 4.78 is 16.2. The van der Waals surface area contributed by atoms with E-state index in [0.717, 1.165) is 5.56 Å². The molecule has 5 rings (SSSR count). The summed E-state index contributed by atoms with van der Waals surface area (Å²) in [5, 5.41) is 18.0. The minimum Gasteiger partial charge on any atom is -0.497 e. The molecule has 1 aliphatic carbocycles. The van der Waals surface area contributed by atoms with Crippen molar-refractivity contribution in [3.05, 3.63) is 48.5 Å². The second-order valence-electron chi connectivity index (χ2n) is 15.3. The number of ether oxygens (including phenoxy) is 3. The van der Waals surface area contributed by atoms with Crippen LogP contribution in [0.2, 0.25) is 0 Å². The van der Waals surface area contributed by atoms with Gasteiger partial charge >= 0.3 is 12.1 Å². The number of alkyl carbamates (subject to hydrolysis) is 1. The van der Waals surface area contributed by atoms with E-state index >= 15 is 0 Å². The summed E-state index contributed by atoms with van der Waals surface area (Å²) in [4.78, 5) is 62.8. The largest absolute Gasteiger partial charge is 0.497 e. The van der Waals surface area contributed by atoms with Gasteiger partial charge in [0.1, 0.15) is 45.4 Å². The smallest absolute Gasteiger partial charge is 0.408 e. The highest BCUT2D eigenvalue weighted by Gasteiger charge is 2.68. The molecular weight excluding hydrogens is 687 g/mol. The lowest BCUT2D eigenvalue weighted by Crippen LogP contribution is -2.59. The number of carbonyl (C=O) groups is 4. The topological polar surface area (TPSA) is 167 Å². The highest BCUT2D eigenvalue weighted by Crippen LogP contribution is 2.52. The van der Waals surface area contributed by atoms with Crippen LogP contribution in [0.25, 0.3) is 22.0 Å². The molecule has 2 fully saturated rings. The molecule has 52 heavy (non-hydrogen) atoms. The van der Waals surface area contributed by atoms with E-state index in [1.807, 2.05) is 57.3 Å². The van der Waals surface area contributed by atoms with Crippen LogP contribution in [0, 0.1) is 17.3 Å². The Kier molecular flexibility index (Phi) is 10.9. The average Bonchev–Trinajstić information content (AvgIpc) is 3.65. The van der Waals surface area contributed by atoms with E-state index in [1.54, 1.807) is 47.1 Å². The van der Waals surface area contributed by atoms with E-state index in [9.17, 15) is 19.2 Å². The Morgan fingerprint density at radius 1 is 1.10 bits per heavy atom. The van der Waals surface area contributed by atoms with Gasteiger partial charge in [0.25, 0.3) is 0 Å². The molecule has 1 aliphatic heterocycles. The number of amides is 3. The number of aromatic nitrogens is 4. The Bertz CT molecular complexity index is 1800. The van der Waals surface area contributed by atoms with Gasteiger partial charge in [-0.2, -0.15) is 9.90 Å². The number of nitrogens with one attached hydrogen (secondary N) is 2. The fourth-order valence-corrected chi connectivity index (χ4v) is 7.34. The molecule has 0 bridgehead atoms. The summed E-state index contributed by atoms with van der Waals surface area (Å²) in [5.74, 6) is -1.52. The van der Waals surface area contributed by atoms with Crippen LogP contribution in [0.15, 0.2) is 48.5 Å². The maximum absolute atomic E-state index is 14.6. The molecule has 3 heterocycles. The SMILES string of the molecule is C=C[C@@H]1[C@@H](C)[C@]1(NC(=O)[C@@H]1CC(n2nc(-c3ccc(OC)cc3)c(-c3nccs3)n2)CN1C(=O)[C@@H](NC(=O)OC(C)(C)C)C(C)(C)C)C(=O)OCC. The van der Waals surface area contributed by atoms with E-state index in [1.165, 1.54) is 21.0 Å². The zero-order valence-corrected chi connectivity index (χ0v) is 32.1. The van der Waals surface area contributed by atoms with Crippen molar-refractivity contribution in [1.82, 2.24) is 35.5 Å². The maximum Gasteiger partial charge on any atom is 0.408 e. The van der Waals surface area contributed by atoms with Gasteiger partial charge in [0.2, 0.25) is 11.8 Å². The summed E-state index contributed by atoms with van der Waals surface area (Å²) in [6.07, 6.45) is 2.69. The number of esters is 1. The van der Waals surface area contributed by atoms with Crippen molar-refractivity contribution in [2.75, 3.05) is 20.3 Å². The quantitative estimate of drug-likeness (QED) is 0.202. The maximum atomic E-state index is 14.6. The Hall–Kier alpha value is -4.79. The zero-order valence-electron chi connectivity index (χ0n) is 31.3. The minimum atomic E-state index is -1.32. The fraction of sp³-hybridized carbons (Fsp3) is 0.541. The third-order valence-corrected chi connectivity index (χ3v) is 10.2. The molecule has 2 aliphatic rings. The first-order valence-corrected chi connectivity index (χ1v) is 18.3. The summed E-state index contributed by atoms with van der Waals surface area (Å²) in [7, 11) is 1.59. The molecule has 3 aromatic rings. The summed E-state index contributed by atoms with van der Waals surface area (Å²) in [6, 6.07) is 4.74. The van der Waals surface area contributed by atoms with E-state index in [2.05, 4.69) is 22.2 Å². The van der Waals surface area contributed by atoms with Crippen molar-refractivity contribution < 1.29 is 33.4 Å². The molecule has 2 aromatic heterocycles. The Morgan fingerprint density at radius 3 is 2.31 bits per heavy atom. The van der Waals surface area contributed by atoms with E-state index in [0.29, 0.717) is 22.1 Å². The van der Waals surface area contributed by atoms with Crippen molar-refractivity contribution in [1.29, 1.82) is 0 Å². The Labute approximate surface area is 308 Å². The Balaban J connectivity index is 1.54. The second-order valence-corrected chi connectivity index (χ2v) is 16.1. The van der Waals surface area contributed by atoms with Crippen LogP contribution >= 0.6 is 11.3 Å². The standard InChI is InChI=1S/C37H49N7O7S/c1-11-25-21(3)37(25,33(47)50-12-2)40-30(45)26-19-23(20-43(26)32(46)29(35(4,5)6)39-34(48)51-36(7,8)9)44-41-27(22-13-15-24(49-10)16-14-22)28(42-44)31-38-17-18-52-31/h11,13-18,21,23,25-26,29H,1,12,19-20H2,2-10H3,(H,39,48)(H,40,45)/t21-,23?,25-,26+,29-,37-/m1/s1. The van der Waals surface area contributed by atoms with Gasteiger partial charge in [-0.1, -0.05) is 33.8 Å².